The Bertz CT molecular complexity index is 866. The number of carbonyl (C=O) groups is 1. The number of benzene rings is 1. The van der Waals surface area contributed by atoms with Crippen LogP contribution in [0.15, 0.2) is 60.1 Å². The average molecular weight is 365 g/mol. The fraction of sp³-hybridized carbons (Fsp3) is 0.0667. The van der Waals surface area contributed by atoms with Gasteiger partial charge in [-0.25, -0.2) is 14.6 Å². The first-order chi connectivity index (χ1) is 11.9. The van der Waals surface area contributed by atoms with E-state index in [0.29, 0.717) is 11.5 Å². The minimum Gasteiger partial charge on any atom is -0.321 e. The Kier molecular flexibility index (Phi) is 4.70. The highest BCUT2D eigenvalue weighted by Gasteiger charge is 2.31. The van der Waals surface area contributed by atoms with Gasteiger partial charge in [-0.2, -0.15) is 18.3 Å². The Morgan fingerprint density at radius 3 is 2.60 bits per heavy atom. The molecule has 0 atom stereocenters. The second-order valence-corrected chi connectivity index (χ2v) is 5.85. The maximum atomic E-state index is 12.6. The predicted octanol–water partition coefficient (Wildman–Crippen LogP) is 3.53. The van der Waals surface area contributed by atoms with Gasteiger partial charge in [-0.1, -0.05) is 12.1 Å². The fourth-order valence-corrected chi connectivity index (χ4v) is 2.66. The lowest BCUT2D eigenvalue weighted by Crippen LogP contribution is -2.14. The summed E-state index contributed by atoms with van der Waals surface area (Å²) in [5.74, 6) is -0.161. The third-order valence-corrected chi connectivity index (χ3v) is 3.82. The van der Waals surface area contributed by atoms with Crippen molar-refractivity contribution in [2.45, 2.75) is 10.4 Å². The molecule has 1 amide bonds. The first-order valence-corrected chi connectivity index (χ1v) is 7.71. The summed E-state index contributed by atoms with van der Waals surface area (Å²) >= 11 is -0.328. The van der Waals surface area contributed by atoms with Gasteiger partial charge in [0.1, 0.15) is 12.7 Å². The first kappa shape index (κ1) is 17.0. The van der Waals surface area contributed by atoms with E-state index >= 15 is 0 Å². The molecular weight excluding hydrogens is 355 g/mol. The third-order valence-electron chi connectivity index (χ3n) is 3.02. The molecule has 1 aromatic carbocycles. The van der Waals surface area contributed by atoms with Gasteiger partial charge >= 0.3 is 5.51 Å². The highest BCUT2D eigenvalue weighted by Crippen LogP contribution is 2.38. The zero-order chi connectivity index (χ0) is 17.9. The number of nitrogens with one attached hydrogen (secondary N) is 1. The molecule has 0 saturated carbocycles. The maximum absolute atomic E-state index is 12.6. The molecule has 10 heteroatoms. The standard InChI is InChI=1S/C15H10F3N5OS/c16-15(17,18)25-12-4-2-1-3-11(12)14(24)22-10-5-6-13(20-7-10)23-9-19-8-21-23/h1-9H,(H,22,24). The Morgan fingerprint density at radius 2 is 1.96 bits per heavy atom. The largest absolute Gasteiger partial charge is 0.446 e. The van der Waals surface area contributed by atoms with E-state index in [0.717, 1.165) is 0 Å². The van der Waals surface area contributed by atoms with Crippen LogP contribution in [0.25, 0.3) is 5.82 Å². The van der Waals surface area contributed by atoms with Crippen LogP contribution in [0.5, 0.6) is 0 Å². The van der Waals surface area contributed by atoms with Crippen molar-refractivity contribution in [3.63, 3.8) is 0 Å². The average Bonchev–Trinajstić information content (AvgIpc) is 3.09. The van der Waals surface area contributed by atoms with Gasteiger partial charge in [-0.05, 0) is 36.0 Å². The number of amides is 1. The van der Waals surface area contributed by atoms with Gasteiger partial charge in [0.2, 0.25) is 0 Å². The summed E-state index contributed by atoms with van der Waals surface area (Å²) < 4.78 is 39.2. The van der Waals surface area contributed by atoms with Gasteiger partial charge in [-0.15, -0.1) is 0 Å². The van der Waals surface area contributed by atoms with Crippen LogP contribution in [0.3, 0.4) is 0 Å². The number of nitrogens with zero attached hydrogens (tertiary/aromatic N) is 4. The zero-order valence-electron chi connectivity index (χ0n) is 12.4. The van der Waals surface area contributed by atoms with Crippen molar-refractivity contribution in [3.05, 3.63) is 60.8 Å². The van der Waals surface area contributed by atoms with E-state index in [1.165, 1.54) is 47.8 Å². The minimum atomic E-state index is -4.47. The Balaban J connectivity index is 1.76. The second kappa shape index (κ2) is 6.93. The van der Waals surface area contributed by atoms with Gasteiger partial charge in [0, 0.05) is 4.90 Å². The highest BCUT2D eigenvalue weighted by molar-refractivity contribution is 8.00. The zero-order valence-corrected chi connectivity index (χ0v) is 13.3. The first-order valence-electron chi connectivity index (χ1n) is 6.89. The van der Waals surface area contributed by atoms with Crippen LogP contribution < -0.4 is 5.32 Å². The number of carbonyl (C=O) groups excluding carboxylic acids is 1. The Hall–Kier alpha value is -2.88. The fourth-order valence-electron chi connectivity index (χ4n) is 1.99. The van der Waals surface area contributed by atoms with Crippen LogP contribution in [0.2, 0.25) is 0 Å². The van der Waals surface area contributed by atoms with Gasteiger partial charge in [-0.3, -0.25) is 4.79 Å². The number of hydrogen-bond donors (Lipinski definition) is 1. The number of halogens is 3. The third kappa shape index (κ3) is 4.35. The molecule has 0 aliphatic heterocycles. The SMILES string of the molecule is O=C(Nc1ccc(-n2cncn2)nc1)c1ccccc1SC(F)(F)F. The Morgan fingerprint density at radius 1 is 1.16 bits per heavy atom. The summed E-state index contributed by atoms with van der Waals surface area (Å²) in [6.07, 6.45) is 4.20. The van der Waals surface area contributed by atoms with Gasteiger partial charge in [0.15, 0.2) is 5.82 Å². The summed E-state index contributed by atoms with van der Waals surface area (Å²) in [7, 11) is 0. The molecule has 0 bridgehead atoms. The number of hydrogen-bond acceptors (Lipinski definition) is 5. The molecule has 25 heavy (non-hydrogen) atoms. The quantitative estimate of drug-likeness (QED) is 0.716. The van der Waals surface area contributed by atoms with Crippen molar-refractivity contribution in [1.82, 2.24) is 19.7 Å². The van der Waals surface area contributed by atoms with Gasteiger partial charge < -0.3 is 5.32 Å². The summed E-state index contributed by atoms with van der Waals surface area (Å²) in [5, 5.41) is 6.45. The molecule has 3 rings (SSSR count). The second-order valence-electron chi connectivity index (χ2n) is 4.74. The molecule has 0 fully saturated rings. The van der Waals surface area contributed by atoms with Crippen LogP contribution in [-0.2, 0) is 0 Å². The van der Waals surface area contributed by atoms with E-state index in [1.54, 1.807) is 12.1 Å². The molecule has 6 nitrogen and oxygen atoms in total. The van der Waals surface area contributed by atoms with Crippen molar-refractivity contribution in [2.24, 2.45) is 0 Å². The Labute approximate surface area is 144 Å². The van der Waals surface area contributed by atoms with Crippen molar-refractivity contribution in [3.8, 4) is 5.82 Å². The summed E-state index contributed by atoms with van der Waals surface area (Å²) in [5.41, 5.74) is -4.19. The molecule has 2 heterocycles. The topological polar surface area (TPSA) is 72.7 Å². The van der Waals surface area contributed by atoms with E-state index in [1.807, 2.05) is 0 Å². The molecule has 0 aliphatic carbocycles. The number of anilines is 1. The number of rotatable bonds is 4. The lowest BCUT2D eigenvalue weighted by Gasteiger charge is -2.11. The lowest BCUT2D eigenvalue weighted by atomic mass is 10.2. The van der Waals surface area contributed by atoms with E-state index < -0.39 is 11.4 Å². The monoisotopic (exact) mass is 365 g/mol. The van der Waals surface area contributed by atoms with Crippen molar-refractivity contribution in [2.75, 3.05) is 5.32 Å². The molecule has 3 aromatic rings. The minimum absolute atomic E-state index is 0.0647. The van der Waals surface area contributed by atoms with Crippen LogP contribution in [0.1, 0.15) is 10.4 Å². The maximum Gasteiger partial charge on any atom is 0.446 e. The van der Waals surface area contributed by atoms with Crippen LogP contribution in [0.4, 0.5) is 18.9 Å². The highest BCUT2D eigenvalue weighted by atomic mass is 32.2. The molecular formula is C15H10F3N5OS. The molecule has 0 aliphatic rings. The summed E-state index contributed by atoms with van der Waals surface area (Å²) in [4.78, 5) is 20.0. The normalized spacial score (nSPS) is 11.3. The number of alkyl halides is 3. The summed E-state index contributed by atoms with van der Waals surface area (Å²) in [6.45, 7) is 0. The van der Waals surface area contributed by atoms with Crippen molar-refractivity contribution < 1.29 is 18.0 Å². The van der Waals surface area contributed by atoms with E-state index in [9.17, 15) is 18.0 Å². The molecule has 2 aromatic heterocycles. The predicted molar refractivity (Wildman–Crippen MR) is 85.5 cm³/mol. The lowest BCUT2D eigenvalue weighted by molar-refractivity contribution is -0.0328. The molecule has 1 N–H and O–H groups in total. The van der Waals surface area contributed by atoms with Crippen molar-refractivity contribution in [1.29, 1.82) is 0 Å². The molecule has 0 spiro atoms. The van der Waals surface area contributed by atoms with Crippen LogP contribution in [0, 0.1) is 0 Å². The molecule has 0 radical (unpaired) electrons. The van der Waals surface area contributed by atoms with Crippen LogP contribution >= 0.6 is 11.8 Å². The van der Waals surface area contributed by atoms with Gasteiger partial charge in [0.05, 0.1) is 17.4 Å². The van der Waals surface area contributed by atoms with Gasteiger partial charge in [0.25, 0.3) is 5.91 Å². The number of pyridine rings is 1. The molecule has 0 saturated heterocycles. The van der Waals surface area contributed by atoms with E-state index in [2.05, 4.69) is 20.4 Å². The summed E-state index contributed by atoms with van der Waals surface area (Å²) in [6, 6.07) is 8.70. The van der Waals surface area contributed by atoms with E-state index in [4.69, 9.17) is 0 Å². The molecule has 128 valence electrons. The van der Waals surface area contributed by atoms with Crippen LogP contribution in [-0.4, -0.2) is 31.2 Å². The number of thioether (sulfide) groups is 1. The molecule has 0 unspecified atom stereocenters. The van der Waals surface area contributed by atoms with E-state index in [-0.39, 0.29) is 22.2 Å². The smallest absolute Gasteiger partial charge is 0.321 e. The number of aromatic nitrogens is 4. The van der Waals surface area contributed by atoms with Crippen molar-refractivity contribution >= 4 is 23.4 Å².